The second kappa shape index (κ2) is 8.22. The number of halogens is 2. The molecule has 9 heteroatoms. The van der Waals surface area contributed by atoms with Crippen LogP contribution in [0, 0.1) is 23.5 Å². The van der Waals surface area contributed by atoms with Gasteiger partial charge in [0.05, 0.1) is 17.0 Å². The number of fused-ring (bicyclic) bond motifs is 3. The van der Waals surface area contributed by atoms with E-state index in [1.54, 1.807) is 6.07 Å². The quantitative estimate of drug-likeness (QED) is 0.568. The molecule has 0 aliphatic heterocycles. The summed E-state index contributed by atoms with van der Waals surface area (Å²) >= 11 is 0. The van der Waals surface area contributed by atoms with Gasteiger partial charge in [-0.05, 0) is 67.7 Å². The zero-order valence-electron chi connectivity index (χ0n) is 18.8. The highest BCUT2D eigenvalue weighted by atomic mass is 19.1. The molecule has 2 unspecified atom stereocenters. The number of benzene rings is 1. The predicted molar refractivity (Wildman–Crippen MR) is 114 cm³/mol. The van der Waals surface area contributed by atoms with Crippen LogP contribution in [0.3, 0.4) is 0 Å². The minimum atomic E-state index is -0.793. The van der Waals surface area contributed by atoms with Crippen molar-refractivity contribution in [1.82, 2.24) is 20.4 Å². The first-order valence-electron chi connectivity index (χ1n) is 11.3. The van der Waals surface area contributed by atoms with Crippen LogP contribution in [0.1, 0.15) is 75.1 Å². The van der Waals surface area contributed by atoms with Crippen molar-refractivity contribution in [3.8, 4) is 11.3 Å². The maximum absolute atomic E-state index is 14.4. The third-order valence-corrected chi connectivity index (χ3v) is 7.11. The number of hydrogen-bond acceptors (Lipinski definition) is 7. The highest BCUT2D eigenvalue weighted by Gasteiger charge is 2.52. The van der Waals surface area contributed by atoms with E-state index >= 15 is 0 Å². The molecule has 5 rings (SSSR count). The van der Waals surface area contributed by atoms with Gasteiger partial charge in [0, 0.05) is 0 Å². The lowest BCUT2D eigenvalue weighted by atomic mass is 9.55. The van der Waals surface area contributed by atoms with Gasteiger partial charge in [0.15, 0.2) is 0 Å². The molecule has 1 N–H and O–H groups in total. The lowest BCUT2D eigenvalue weighted by Gasteiger charge is -2.52. The third kappa shape index (κ3) is 3.63. The Morgan fingerprint density at radius 1 is 1.21 bits per heavy atom. The van der Waals surface area contributed by atoms with Crippen molar-refractivity contribution >= 4 is 0 Å². The second-order valence-corrected chi connectivity index (χ2v) is 9.26. The molecule has 7 nitrogen and oxygen atoms in total. The molecular formula is C24H26F2N4O3. The highest BCUT2D eigenvalue weighted by Crippen LogP contribution is 2.59. The number of nitrogens with zero attached hydrogens (tertiary/aromatic N) is 4. The highest BCUT2D eigenvalue weighted by molar-refractivity contribution is 5.62. The molecule has 1 fully saturated rings. The van der Waals surface area contributed by atoms with Crippen LogP contribution in [0.15, 0.2) is 28.7 Å². The lowest BCUT2D eigenvalue weighted by Crippen LogP contribution is -2.46. The van der Waals surface area contributed by atoms with Gasteiger partial charge < -0.3 is 14.3 Å². The van der Waals surface area contributed by atoms with Crippen molar-refractivity contribution in [2.24, 2.45) is 11.8 Å². The maximum Gasteiger partial charge on any atom is 0.245 e. The van der Waals surface area contributed by atoms with E-state index in [0.717, 1.165) is 18.4 Å². The predicted octanol–water partition coefficient (Wildman–Crippen LogP) is 4.82. The molecule has 5 atom stereocenters. The minimum Gasteiger partial charge on any atom is -0.420 e. The van der Waals surface area contributed by atoms with Crippen LogP contribution in [-0.4, -0.2) is 25.5 Å². The summed E-state index contributed by atoms with van der Waals surface area (Å²) in [5, 5.41) is 25.8. The molecule has 1 aromatic carbocycles. The SMILES string of the molecule is CC[C@@H](O[C@@]1(C)CC2C(C)C[C@@H]2c2cc(-c3c(F)cccc3F)nnc21)c1nnc(CO)o1. The van der Waals surface area contributed by atoms with E-state index in [-0.39, 0.29) is 29.7 Å². The van der Waals surface area contributed by atoms with Gasteiger partial charge in [-0.1, -0.05) is 19.9 Å². The average Bonchev–Trinajstić information content (AvgIpc) is 3.28. The molecule has 2 aliphatic rings. The summed E-state index contributed by atoms with van der Waals surface area (Å²) in [4.78, 5) is 0. The van der Waals surface area contributed by atoms with Crippen molar-refractivity contribution in [2.75, 3.05) is 0 Å². The van der Waals surface area contributed by atoms with E-state index in [0.29, 0.717) is 29.8 Å². The van der Waals surface area contributed by atoms with Crippen LogP contribution >= 0.6 is 0 Å². The van der Waals surface area contributed by atoms with Gasteiger partial charge in [-0.2, -0.15) is 5.10 Å². The standard InChI is InChI=1S/C24H26F2N4O3/c1-4-19(23-30-28-20(11-31)32-23)33-24(3)10-15-12(2)8-13(15)14-9-18(27-29-22(14)24)21-16(25)6-5-7-17(21)26/h5-7,9,12-13,15,19,31H,4,8,10-11H2,1-3H3/t12?,13-,15?,19-,24+/m1/s1. The van der Waals surface area contributed by atoms with Crippen molar-refractivity contribution in [3.05, 3.63) is 58.9 Å². The van der Waals surface area contributed by atoms with Gasteiger partial charge in [0.2, 0.25) is 11.8 Å². The fourth-order valence-electron chi connectivity index (χ4n) is 5.35. The lowest BCUT2D eigenvalue weighted by molar-refractivity contribution is -0.137. The summed E-state index contributed by atoms with van der Waals surface area (Å²) in [5.41, 5.74) is 0.827. The molecule has 2 aliphatic carbocycles. The zero-order chi connectivity index (χ0) is 23.3. The first-order chi connectivity index (χ1) is 15.8. The van der Waals surface area contributed by atoms with Gasteiger partial charge in [-0.25, -0.2) is 8.78 Å². The Kier molecular flexibility index (Phi) is 5.49. The van der Waals surface area contributed by atoms with Crippen molar-refractivity contribution < 1.29 is 23.0 Å². The van der Waals surface area contributed by atoms with Gasteiger partial charge in [-0.3, -0.25) is 0 Å². The Hall–Kier alpha value is -2.78. The first kappa shape index (κ1) is 22.0. The van der Waals surface area contributed by atoms with Crippen molar-refractivity contribution in [3.63, 3.8) is 0 Å². The number of hydrogen-bond donors (Lipinski definition) is 1. The van der Waals surface area contributed by atoms with E-state index in [4.69, 9.17) is 9.15 Å². The van der Waals surface area contributed by atoms with Crippen LogP contribution in [0.25, 0.3) is 11.3 Å². The molecule has 0 radical (unpaired) electrons. The molecule has 0 spiro atoms. The number of aliphatic hydroxyl groups excluding tert-OH is 1. The summed E-state index contributed by atoms with van der Waals surface area (Å²) in [5.74, 6) is 0.201. The Labute approximate surface area is 190 Å². The van der Waals surface area contributed by atoms with Gasteiger partial charge in [0.1, 0.15) is 29.9 Å². The van der Waals surface area contributed by atoms with E-state index in [9.17, 15) is 13.9 Å². The molecule has 174 valence electrons. The fraction of sp³-hybridized carbons (Fsp3) is 0.500. The zero-order valence-corrected chi connectivity index (χ0v) is 18.8. The van der Waals surface area contributed by atoms with Crippen LogP contribution in [0.4, 0.5) is 8.78 Å². The molecule has 0 amide bonds. The van der Waals surface area contributed by atoms with E-state index in [1.807, 2.05) is 13.8 Å². The largest absolute Gasteiger partial charge is 0.420 e. The topological polar surface area (TPSA) is 94.2 Å². The Morgan fingerprint density at radius 2 is 1.97 bits per heavy atom. The Balaban J connectivity index is 1.56. The van der Waals surface area contributed by atoms with Crippen LogP contribution in [-0.2, 0) is 16.9 Å². The number of ether oxygens (including phenoxy) is 1. The van der Waals surface area contributed by atoms with Crippen LogP contribution in [0.5, 0.6) is 0 Å². The second-order valence-electron chi connectivity index (χ2n) is 9.26. The molecule has 3 aromatic rings. The minimum absolute atomic E-state index is 0.130. The fourth-order valence-corrected chi connectivity index (χ4v) is 5.35. The molecule has 1 saturated carbocycles. The van der Waals surface area contributed by atoms with Crippen LogP contribution < -0.4 is 0 Å². The maximum atomic E-state index is 14.4. The molecule has 0 bridgehead atoms. The normalized spacial score (nSPS) is 26.9. The molecule has 2 heterocycles. The Morgan fingerprint density at radius 3 is 2.61 bits per heavy atom. The first-order valence-corrected chi connectivity index (χ1v) is 11.3. The van der Waals surface area contributed by atoms with E-state index in [2.05, 4.69) is 27.3 Å². The summed E-state index contributed by atoms with van der Waals surface area (Å²) in [6.07, 6.45) is 1.81. The van der Waals surface area contributed by atoms with E-state index < -0.39 is 23.3 Å². The molecule has 33 heavy (non-hydrogen) atoms. The smallest absolute Gasteiger partial charge is 0.245 e. The summed E-state index contributed by atoms with van der Waals surface area (Å²) in [7, 11) is 0. The molecule has 2 aromatic heterocycles. The monoisotopic (exact) mass is 456 g/mol. The van der Waals surface area contributed by atoms with Crippen molar-refractivity contribution in [2.45, 2.75) is 64.3 Å². The van der Waals surface area contributed by atoms with Crippen LogP contribution in [0.2, 0.25) is 0 Å². The third-order valence-electron chi connectivity index (χ3n) is 7.11. The number of aliphatic hydroxyl groups is 1. The Bertz CT molecular complexity index is 1170. The summed E-state index contributed by atoms with van der Waals surface area (Å²) in [6, 6.07) is 5.54. The summed E-state index contributed by atoms with van der Waals surface area (Å²) < 4.78 is 41.0. The van der Waals surface area contributed by atoms with Crippen molar-refractivity contribution in [1.29, 1.82) is 0 Å². The van der Waals surface area contributed by atoms with Gasteiger partial charge in [-0.15, -0.1) is 15.3 Å². The van der Waals surface area contributed by atoms with E-state index in [1.165, 1.54) is 18.2 Å². The number of aromatic nitrogens is 4. The molecule has 0 saturated heterocycles. The average molecular weight is 456 g/mol. The van der Waals surface area contributed by atoms with Gasteiger partial charge in [0.25, 0.3) is 0 Å². The number of rotatable bonds is 6. The summed E-state index contributed by atoms with van der Waals surface area (Å²) in [6.45, 7) is 5.79. The molecular weight excluding hydrogens is 430 g/mol. The van der Waals surface area contributed by atoms with Gasteiger partial charge >= 0.3 is 0 Å².